The van der Waals surface area contributed by atoms with Crippen LogP contribution in [0, 0.1) is 41.2 Å². The highest BCUT2D eigenvalue weighted by molar-refractivity contribution is 6.37. The van der Waals surface area contributed by atoms with Crippen molar-refractivity contribution in [2.45, 2.75) is 53.4 Å². The number of nitrogens with one attached hydrogen (secondary N) is 4. The molecule has 0 aliphatic rings. The number of benzene rings is 1. The molecule has 5 N–H and O–H groups in total. The summed E-state index contributed by atoms with van der Waals surface area (Å²) in [4.78, 5) is 31.8. The summed E-state index contributed by atoms with van der Waals surface area (Å²) in [6.45, 7) is 15.6. The molecular weight excluding hydrogens is 526 g/mol. The minimum absolute atomic E-state index is 0.360. The normalized spacial score (nSPS) is 10.3. The van der Waals surface area contributed by atoms with Gasteiger partial charge in [-0.25, -0.2) is 0 Å². The van der Waals surface area contributed by atoms with Crippen LogP contribution < -0.4 is 10.6 Å². The summed E-state index contributed by atoms with van der Waals surface area (Å²) in [6, 6.07) is 0.894. The lowest BCUT2D eigenvalue weighted by molar-refractivity contribution is -0.404. The SMILES string of the molecule is CCCNCCN(CCC)C(=N)C(=N)N(CCC)CCNCCC.O=[N+]([O-])c1cc([N+](=O)[O-])c(O)c([N+](=O)[O-])c1. The van der Waals surface area contributed by atoms with Crippen LogP contribution in [0.1, 0.15) is 53.4 Å². The minimum Gasteiger partial charge on any atom is -0.497 e. The molecule has 0 saturated carbocycles. The number of phenolic OH excluding ortho intramolecular Hbond substituents is 1. The molecule has 16 heteroatoms. The first kappa shape index (κ1) is 36.1. The van der Waals surface area contributed by atoms with Gasteiger partial charge in [-0.2, -0.15) is 0 Å². The molecule has 0 aliphatic carbocycles. The Balaban J connectivity index is 0.000000821. The van der Waals surface area contributed by atoms with E-state index in [2.05, 4.69) is 38.3 Å². The monoisotopic (exact) mass is 569 g/mol. The summed E-state index contributed by atoms with van der Waals surface area (Å²) in [5, 5.41) is 63.9. The van der Waals surface area contributed by atoms with E-state index in [1.54, 1.807) is 0 Å². The molecule has 1 aromatic rings. The molecule has 16 nitrogen and oxygen atoms in total. The summed E-state index contributed by atoms with van der Waals surface area (Å²) < 4.78 is 0. The Morgan fingerprint density at radius 2 is 1.07 bits per heavy atom. The van der Waals surface area contributed by atoms with E-state index in [4.69, 9.17) is 15.9 Å². The van der Waals surface area contributed by atoms with E-state index < -0.39 is 37.6 Å². The van der Waals surface area contributed by atoms with Crippen LogP contribution in [-0.2, 0) is 0 Å². The fraction of sp³-hybridized carbons (Fsp3) is 0.667. The van der Waals surface area contributed by atoms with Gasteiger partial charge >= 0.3 is 11.4 Å². The third-order valence-electron chi connectivity index (χ3n) is 5.47. The van der Waals surface area contributed by atoms with Gasteiger partial charge in [-0.05, 0) is 38.8 Å². The van der Waals surface area contributed by atoms with Crippen molar-refractivity contribution in [3.63, 3.8) is 0 Å². The maximum Gasteiger partial charge on any atom is 0.324 e. The van der Waals surface area contributed by atoms with E-state index in [0.717, 1.165) is 78.0 Å². The van der Waals surface area contributed by atoms with E-state index >= 15 is 0 Å². The zero-order valence-corrected chi connectivity index (χ0v) is 23.8. The highest BCUT2D eigenvalue weighted by Gasteiger charge is 2.30. The van der Waals surface area contributed by atoms with Gasteiger partial charge in [-0.1, -0.05) is 27.7 Å². The smallest absolute Gasteiger partial charge is 0.324 e. The maximum atomic E-state index is 10.4. The standard InChI is InChI=1S/C18H40N6.C6H3N3O7/c1-5-9-21-11-15-23(13-7-3)17(19)18(20)24(14-8-4)16-12-22-10-6-2;10-6-4(8(13)14)1-3(7(11)12)2-5(6)9(15)16/h19-22H,5-16H2,1-4H3;1-2,10H. The van der Waals surface area contributed by atoms with Crippen molar-refractivity contribution < 1.29 is 19.9 Å². The predicted molar refractivity (Wildman–Crippen MR) is 154 cm³/mol. The van der Waals surface area contributed by atoms with Crippen molar-refractivity contribution in [2.24, 2.45) is 0 Å². The van der Waals surface area contributed by atoms with Gasteiger partial charge in [0.2, 0.25) is 0 Å². The highest BCUT2D eigenvalue weighted by atomic mass is 16.6. The third kappa shape index (κ3) is 12.8. The Hall–Kier alpha value is -3.92. The number of aromatic hydroxyl groups is 1. The van der Waals surface area contributed by atoms with Crippen LogP contribution in [0.3, 0.4) is 0 Å². The fourth-order valence-corrected chi connectivity index (χ4v) is 3.52. The Bertz CT molecular complexity index is 924. The quantitative estimate of drug-likeness (QED) is 0.0599. The molecule has 0 aliphatic heterocycles. The zero-order chi connectivity index (χ0) is 30.7. The first-order valence-electron chi connectivity index (χ1n) is 13.3. The number of hydrogen-bond donors (Lipinski definition) is 5. The summed E-state index contributed by atoms with van der Waals surface area (Å²) in [7, 11) is 0. The van der Waals surface area contributed by atoms with Crippen molar-refractivity contribution in [1.82, 2.24) is 20.4 Å². The summed E-state index contributed by atoms with van der Waals surface area (Å²) in [5.41, 5.74) is -3.00. The van der Waals surface area contributed by atoms with Crippen LogP contribution in [-0.4, -0.2) is 93.7 Å². The average molecular weight is 570 g/mol. The maximum absolute atomic E-state index is 10.4. The molecule has 0 aromatic heterocycles. The van der Waals surface area contributed by atoms with Crippen LogP contribution in [0.5, 0.6) is 5.75 Å². The Morgan fingerprint density at radius 3 is 1.35 bits per heavy atom. The summed E-state index contributed by atoms with van der Waals surface area (Å²) in [6.07, 6.45) is 4.23. The summed E-state index contributed by atoms with van der Waals surface area (Å²) in [5.74, 6) is -0.487. The number of hydrogen-bond acceptors (Lipinski definition) is 11. The van der Waals surface area contributed by atoms with Gasteiger partial charge in [0.15, 0.2) is 11.7 Å². The molecule has 0 bridgehead atoms. The number of nitro benzene ring substituents is 3. The van der Waals surface area contributed by atoms with Gasteiger partial charge in [0.1, 0.15) is 0 Å². The minimum atomic E-state index is -1.21. The van der Waals surface area contributed by atoms with Crippen LogP contribution in [0.2, 0.25) is 0 Å². The molecule has 0 atom stereocenters. The topological polar surface area (TPSA) is 228 Å². The van der Waals surface area contributed by atoms with Crippen molar-refractivity contribution in [1.29, 1.82) is 10.8 Å². The Labute approximate surface area is 234 Å². The van der Waals surface area contributed by atoms with Gasteiger partial charge < -0.3 is 25.5 Å². The number of rotatable bonds is 17. The first-order chi connectivity index (χ1) is 19.0. The lowest BCUT2D eigenvalue weighted by Crippen LogP contribution is -2.48. The second-order valence-electron chi connectivity index (χ2n) is 8.78. The van der Waals surface area contributed by atoms with E-state index in [1.807, 2.05) is 9.80 Å². The largest absolute Gasteiger partial charge is 0.497 e. The average Bonchev–Trinajstić information content (AvgIpc) is 2.91. The van der Waals surface area contributed by atoms with Crippen LogP contribution in [0.15, 0.2) is 12.1 Å². The number of non-ortho nitro benzene ring substituents is 1. The molecular formula is C24H43N9O7. The molecule has 0 spiro atoms. The van der Waals surface area contributed by atoms with Crippen LogP contribution in [0.25, 0.3) is 0 Å². The van der Waals surface area contributed by atoms with E-state index in [1.165, 1.54) is 0 Å². The van der Waals surface area contributed by atoms with E-state index in [9.17, 15) is 30.3 Å². The molecule has 1 rings (SSSR count). The van der Waals surface area contributed by atoms with Crippen LogP contribution in [0.4, 0.5) is 17.1 Å². The fourth-order valence-electron chi connectivity index (χ4n) is 3.52. The van der Waals surface area contributed by atoms with Crippen molar-refractivity contribution in [3.05, 3.63) is 42.5 Å². The van der Waals surface area contributed by atoms with Gasteiger partial charge in [0.05, 0.1) is 26.9 Å². The van der Waals surface area contributed by atoms with Gasteiger partial charge in [-0.15, -0.1) is 0 Å². The van der Waals surface area contributed by atoms with Crippen LogP contribution >= 0.6 is 0 Å². The van der Waals surface area contributed by atoms with Gasteiger partial charge in [-0.3, -0.25) is 41.2 Å². The zero-order valence-electron chi connectivity index (χ0n) is 23.8. The molecule has 0 saturated heterocycles. The summed E-state index contributed by atoms with van der Waals surface area (Å²) >= 11 is 0. The van der Waals surface area contributed by atoms with E-state index in [0.29, 0.717) is 23.8 Å². The Morgan fingerprint density at radius 1 is 0.700 bits per heavy atom. The second kappa shape index (κ2) is 20.0. The molecule has 0 radical (unpaired) electrons. The van der Waals surface area contributed by atoms with Crippen molar-refractivity contribution in [3.8, 4) is 5.75 Å². The van der Waals surface area contributed by atoms with Gasteiger partial charge in [0, 0.05) is 39.3 Å². The molecule has 226 valence electrons. The Kier molecular flexibility index (Phi) is 18.1. The molecule has 1 aromatic carbocycles. The lowest BCUT2D eigenvalue weighted by Gasteiger charge is -2.31. The third-order valence-corrected chi connectivity index (χ3v) is 5.47. The number of amidine groups is 2. The molecule has 0 amide bonds. The van der Waals surface area contributed by atoms with Crippen molar-refractivity contribution >= 4 is 28.7 Å². The number of nitrogens with zero attached hydrogens (tertiary/aromatic N) is 5. The number of phenols is 1. The molecule has 0 heterocycles. The molecule has 0 unspecified atom stereocenters. The second-order valence-corrected chi connectivity index (χ2v) is 8.78. The lowest BCUT2D eigenvalue weighted by atomic mass is 10.2. The van der Waals surface area contributed by atoms with Crippen molar-refractivity contribution in [2.75, 3.05) is 52.4 Å². The molecule has 40 heavy (non-hydrogen) atoms. The first-order valence-corrected chi connectivity index (χ1v) is 13.3. The number of nitro groups is 3. The van der Waals surface area contributed by atoms with Gasteiger partial charge in [0.25, 0.3) is 11.4 Å². The molecule has 0 fully saturated rings. The van der Waals surface area contributed by atoms with E-state index in [-0.39, 0.29) is 0 Å². The predicted octanol–water partition coefficient (Wildman–Crippen LogP) is 3.48. The highest BCUT2D eigenvalue weighted by Crippen LogP contribution is 2.38.